The van der Waals surface area contributed by atoms with Gasteiger partial charge in [0, 0.05) is 31.1 Å². The molecule has 2 rings (SSSR count). The van der Waals surface area contributed by atoms with E-state index in [4.69, 9.17) is 11.6 Å². The van der Waals surface area contributed by atoms with Crippen molar-refractivity contribution < 1.29 is 31.2 Å². The van der Waals surface area contributed by atoms with E-state index in [2.05, 4.69) is 5.32 Å². The van der Waals surface area contributed by atoms with Crippen LogP contribution in [0, 0.1) is 0 Å². The summed E-state index contributed by atoms with van der Waals surface area (Å²) in [6, 6.07) is 10.1. The minimum atomic E-state index is -4.64. The first-order valence-electron chi connectivity index (χ1n) is 12.2. The average molecular weight is 576 g/mol. The van der Waals surface area contributed by atoms with E-state index in [9.17, 15) is 31.2 Å². The van der Waals surface area contributed by atoms with Crippen LogP contribution in [-0.2, 0) is 32.3 Å². The highest BCUT2D eigenvalue weighted by atomic mass is 35.5. The number of nitrogens with one attached hydrogen (secondary N) is 1. The molecular formula is C26H33ClF3N3O4S. The number of carbonyl (C=O) groups excluding carboxylic acids is 2. The molecule has 38 heavy (non-hydrogen) atoms. The Balaban J connectivity index is 2.20. The van der Waals surface area contributed by atoms with E-state index >= 15 is 0 Å². The van der Waals surface area contributed by atoms with Gasteiger partial charge in [0.15, 0.2) is 0 Å². The van der Waals surface area contributed by atoms with Gasteiger partial charge in [0.1, 0.15) is 6.04 Å². The Morgan fingerprint density at radius 1 is 1.08 bits per heavy atom. The average Bonchev–Trinajstić information content (AvgIpc) is 2.84. The first kappa shape index (κ1) is 31.4. The molecule has 0 bridgehead atoms. The van der Waals surface area contributed by atoms with Gasteiger partial charge in [-0.05, 0) is 49.6 Å². The molecule has 7 nitrogen and oxygen atoms in total. The van der Waals surface area contributed by atoms with Crippen molar-refractivity contribution in [3.05, 3.63) is 64.7 Å². The molecule has 1 atom stereocenters. The smallest absolute Gasteiger partial charge is 0.354 e. The molecule has 1 N–H and O–H groups in total. The third-order valence-electron chi connectivity index (χ3n) is 5.91. The van der Waals surface area contributed by atoms with Crippen molar-refractivity contribution >= 4 is 39.1 Å². The second-order valence-corrected chi connectivity index (χ2v) is 11.2. The highest BCUT2D eigenvalue weighted by molar-refractivity contribution is 7.92. The largest absolute Gasteiger partial charge is 0.416 e. The summed E-state index contributed by atoms with van der Waals surface area (Å²) in [5, 5.41) is 3.23. The number of unbranched alkanes of at least 4 members (excludes halogenated alkanes) is 1. The van der Waals surface area contributed by atoms with E-state index in [0.29, 0.717) is 17.1 Å². The number of carbonyl (C=O) groups is 2. The molecule has 0 aliphatic heterocycles. The van der Waals surface area contributed by atoms with Crippen molar-refractivity contribution in [3.63, 3.8) is 0 Å². The quantitative estimate of drug-likeness (QED) is 0.331. The summed E-state index contributed by atoms with van der Waals surface area (Å²) >= 11 is 6.28. The minimum absolute atomic E-state index is 0.0192. The fourth-order valence-corrected chi connectivity index (χ4v) is 4.92. The van der Waals surface area contributed by atoms with Gasteiger partial charge >= 0.3 is 6.18 Å². The summed E-state index contributed by atoms with van der Waals surface area (Å²) in [6.45, 7) is 3.89. The Morgan fingerprint density at radius 3 is 2.37 bits per heavy atom. The number of rotatable bonds is 13. The molecule has 0 saturated heterocycles. The normalized spacial score (nSPS) is 12.6. The number of benzene rings is 2. The van der Waals surface area contributed by atoms with E-state index in [1.165, 1.54) is 11.0 Å². The van der Waals surface area contributed by atoms with Crippen LogP contribution in [-0.4, -0.2) is 50.5 Å². The van der Waals surface area contributed by atoms with Crippen LogP contribution >= 0.6 is 11.6 Å². The number of amides is 2. The number of sulfonamides is 1. The molecule has 0 radical (unpaired) electrons. The molecular weight excluding hydrogens is 543 g/mol. The lowest BCUT2D eigenvalue weighted by Gasteiger charge is -2.30. The molecule has 2 aromatic carbocycles. The van der Waals surface area contributed by atoms with Crippen LogP contribution in [0.15, 0.2) is 48.5 Å². The van der Waals surface area contributed by atoms with Gasteiger partial charge in [-0.15, -0.1) is 0 Å². The maximum Gasteiger partial charge on any atom is 0.416 e. The summed E-state index contributed by atoms with van der Waals surface area (Å²) in [5.74, 6) is -0.749. The lowest BCUT2D eigenvalue weighted by Crippen LogP contribution is -2.48. The summed E-state index contributed by atoms with van der Waals surface area (Å²) in [5.41, 5.74) is -0.489. The van der Waals surface area contributed by atoms with Crippen LogP contribution in [0.1, 0.15) is 50.7 Å². The zero-order valence-electron chi connectivity index (χ0n) is 21.6. The predicted molar refractivity (Wildman–Crippen MR) is 142 cm³/mol. The Kier molecular flexibility index (Phi) is 11.4. The summed E-state index contributed by atoms with van der Waals surface area (Å²) < 4.78 is 65.1. The molecule has 0 unspecified atom stereocenters. The molecule has 0 fully saturated rings. The standard InChI is InChI=1S/C26H33ClF3N3O4S/c1-4-5-15-31-25(35)19(2)32(18-20-10-6-7-13-23(20)27)24(34)14-9-16-33(38(3,36)37)22-12-8-11-21(17-22)26(28,29)30/h6-8,10-13,17,19H,4-5,9,14-16,18H2,1-3H3,(H,31,35)/t19-/m1/s1. The SMILES string of the molecule is CCCCNC(=O)[C@@H](C)N(Cc1ccccc1Cl)C(=O)CCCN(c1cccc(C(F)(F)F)c1)S(C)(=O)=O. The summed E-state index contributed by atoms with van der Waals surface area (Å²) in [6.07, 6.45) is -2.19. The molecule has 0 heterocycles. The lowest BCUT2D eigenvalue weighted by atomic mass is 10.1. The summed E-state index contributed by atoms with van der Waals surface area (Å²) in [7, 11) is -3.94. The second kappa shape index (κ2) is 13.8. The molecule has 0 aromatic heterocycles. The van der Waals surface area contributed by atoms with Crippen molar-refractivity contribution in [2.75, 3.05) is 23.7 Å². The Labute approximate surface area is 227 Å². The maximum atomic E-state index is 13.3. The van der Waals surface area contributed by atoms with Gasteiger partial charge in [-0.3, -0.25) is 13.9 Å². The minimum Gasteiger partial charge on any atom is -0.354 e. The maximum absolute atomic E-state index is 13.3. The van der Waals surface area contributed by atoms with Crippen LogP contribution in [0.25, 0.3) is 0 Å². The number of alkyl halides is 3. The molecule has 210 valence electrons. The molecule has 2 aromatic rings. The fraction of sp³-hybridized carbons (Fsp3) is 0.462. The molecule has 0 aliphatic carbocycles. The van der Waals surface area contributed by atoms with Crippen molar-refractivity contribution in [2.24, 2.45) is 0 Å². The Hall–Kier alpha value is -2.79. The molecule has 12 heteroatoms. The van der Waals surface area contributed by atoms with Crippen LogP contribution in [0.2, 0.25) is 5.02 Å². The first-order chi connectivity index (χ1) is 17.8. The Morgan fingerprint density at radius 2 is 1.76 bits per heavy atom. The monoisotopic (exact) mass is 575 g/mol. The van der Waals surface area contributed by atoms with Gasteiger partial charge in [0.25, 0.3) is 0 Å². The van der Waals surface area contributed by atoms with Gasteiger partial charge in [-0.1, -0.05) is 49.2 Å². The topological polar surface area (TPSA) is 86.8 Å². The zero-order valence-corrected chi connectivity index (χ0v) is 23.2. The number of nitrogens with zero attached hydrogens (tertiary/aromatic N) is 2. The fourth-order valence-electron chi connectivity index (χ4n) is 3.77. The number of hydrogen-bond donors (Lipinski definition) is 1. The van der Waals surface area contributed by atoms with E-state index < -0.39 is 33.7 Å². The van der Waals surface area contributed by atoms with Gasteiger partial charge in [-0.25, -0.2) is 8.42 Å². The highest BCUT2D eigenvalue weighted by Gasteiger charge is 2.32. The molecule has 2 amide bonds. The van der Waals surface area contributed by atoms with Crippen molar-refractivity contribution in [3.8, 4) is 0 Å². The van der Waals surface area contributed by atoms with E-state index in [0.717, 1.165) is 41.6 Å². The summed E-state index contributed by atoms with van der Waals surface area (Å²) in [4.78, 5) is 27.4. The third-order valence-corrected chi connectivity index (χ3v) is 7.47. The van der Waals surface area contributed by atoms with Crippen LogP contribution in [0.4, 0.5) is 18.9 Å². The number of anilines is 1. The van der Waals surface area contributed by atoms with Gasteiger partial charge in [-0.2, -0.15) is 13.2 Å². The number of halogens is 4. The predicted octanol–water partition coefficient (Wildman–Crippen LogP) is 5.24. The van der Waals surface area contributed by atoms with E-state index in [1.807, 2.05) is 6.92 Å². The zero-order chi connectivity index (χ0) is 28.5. The van der Waals surface area contributed by atoms with Gasteiger partial charge in [0.2, 0.25) is 21.8 Å². The first-order valence-corrected chi connectivity index (χ1v) is 14.4. The molecule has 0 spiro atoms. The second-order valence-electron chi connectivity index (χ2n) is 8.92. The van der Waals surface area contributed by atoms with Gasteiger partial charge in [0.05, 0.1) is 17.5 Å². The van der Waals surface area contributed by atoms with Gasteiger partial charge < -0.3 is 10.2 Å². The highest BCUT2D eigenvalue weighted by Crippen LogP contribution is 2.32. The Bertz CT molecular complexity index is 1210. The molecule has 0 saturated carbocycles. The van der Waals surface area contributed by atoms with Crippen molar-refractivity contribution in [1.82, 2.24) is 10.2 Å². The van der Waals surface area contributed by atoms with Crippen molar-refractivity contribution in [1.29, 1.82) is 0 Å². The molecule has 0 aliphatic rings. The van der Waals surface area contributed by atoms with E-state index in [-0.39, 0.29) is 37.5 Å². The van der Waals surface area contributed by atoms with Crippen molar-refractivity contribution in [2.45, 2.75) is 58.3 Å². The lowest BCUT2D eigenvalue weighted by molar-refractivity contribution is -0.140. The van der Waals surface area contributed by atoms with Crippen LogP contribution in [0.5, 0.6) is 0 Å². The van der Waals surface area contributed by atoms with Crippen LogP contribution < -0.4 is 9.62 Å². The van der Waals surface area contributed by atoms with E-state index in [1.54, 1.807) is 31.2 Å². The van der Waals surface area contributed by atoms with Crippen LogP contribution in [0.3, 0.4) is 0 Å². The third kappa shape index (κ3) is 9.20. The number of hydrogen-bond acceptors (Lipinski definition) is 4.